The first-order valence-corrected chi connectivity index (χ1v) is 28.5. The Morgan fingerprint density at radius 3 is 0.922 bits per heavy atom. The van der Waals surface area contributed by atoms with Gasteiger partial charge in [-0.2, -0.15) is 0 Å². The summed E-state index contributed by atoms with van der Waals surface area (Å²) in [5, 5.41) is 33.8. The van der Waals surface area contributed by atoms with Crippen molar-refractivity contribution in [3.05, 3.63) is 263 Å². The van der Waals surface area contributed by atoms with Gasteiger partial charge in [0.05, 0.1) is 48.8 Å². The number of pyridine rings is 3. The highest BCUT2D eigenvalue weighted by Crippen LogP contribution is 2.27. The van der Waals surface area contributed by atoms with Crippen LogP contribution in [0.3, 0.4) is 0 Å². The molecule has 6 amide bonds. The number of amidine groups is 3. The molecule has 0 spiro atoms. The van der Waals surface area contributed by atoms with Gasteiger partial charge in [-0.15, -0.1) is 0 Å². The van der Waals surface area contributed by atoms with Crippen LogP contribution < -0.4 is 43.4 Å². The van der Waals surface area contributed by atoms with E-state index in [1.165, 1.54) is 42.9 Å². The average molecular weight is 1330 g/mol. The van der Waals surface area contributed by atoms with Crippen LogP contribution in [0.2, 0.25) is 30.1 Å². The molecule has 0 aliphatic carbocycles. The molecule has 456 valence electrons. The van der Waals surface area contributed by atoms with Crippen LogP contribution in [0.25, 0.3) is 0 Å². The SMILES string of the molecule is CN(C)C(=N)c1ccc(C(=O)Nc2ccc(Cl)cc2C(=O)Nc2ccc(Cl)cn2)cc1.CN=C(N)c1ccc(C(=O)Nc2ccc(Cl)cc2C(=O)Nc2ccc(Cl)cn2)cc1.N=C(N)c1ccc(C(=O)Nc2ccc(Cl)cc2C(=O)Nc2ccc(Cl)cn2)cc1. The van der Waals surface area contributed by atoms with Crippen LogP contribution in [-0.4, -0.2) is 93.9 Å². The zero-order valence-corrected chi connectivity index (χ0v) is 52.0. The largest absolute Gasteiger partial charge is 0.384 e. The van der Waals surface area contributed by atoms with Gasteiger partial charge in [0.15, 0.2) is 0 Å². The highest BCUT2D eigenvalue weighted by Gasteiger charge is 2.20. The Balaban J connectivity index is 0.000000192. The number of benzene rings is 6. The Morgan fingerprint density at radius 2 is 0.656 bits per heavy atom. The average Bonchev–Trinajstić information content (AvgIpc) is 2.66. The van der Waals surface area contributed by atoms with Gasteiger partial charge in [0.1, 0.15) is 35.0 Å². The number of aromatic nitrogens is 3. The molecule has 0 saturated carbocycles. The van der Waals surface area contributed by atoms with Crippen molar-refractivity contribution in [2.24, 2.45) is 16.5 Å². The van der Waals surface area contributed by atoms with E-state index in [1.54, 1.807) is 166 Å². The quantitative estimate of drug-likeness (QED) is 0.0338. The summed E-state index contributed by atoms with van der Waals surface area (Å²) in [7, 11) is 5.13. The van der Waals surface area contributed by atoms with E-state index >= 15 is 0 Å². The fraction of sp³-hybridized carbons (Fsp3) is 0.0476. The number of nitrogens with zero attached hydrogens (tertiary/aromatic N) is 5. The second-order valence-corrected chi connectivity index (χ2v) is 21.5. The summed E-state index contributed by atoms with van der Waals surface area (Å²) in [6.45, 7) is 0. The highest BCUT2D eigenvalue weighted by molar-refractivity contribution is 6.33. The molecule has 0 unspecified atom stereocenters. The minimum atomic E-state index is -0.496. The molecular formula is C63H51Cl6N15O6. The number of anilines is 6. The van der Waals surface area contributed by atoms with Gasteiger partial charge in [-0.3, -0.25) is 44.6 Å². The Kier molecular flexibility index (Phi) is 23.6. The van der Waals surface area contributed by atoms with Gasteiger partial charge >= 0.3 is 0 Å². The van der Waals surface area contributed by atoms with E-state index in [4.69, 9.17) is 91.9 Å². The molecule has 9 aromatic rings. The smallest absolute Gasteiger partial charge is 0.258 e. The Hall–Kier alpha value is -10.3. The van der Waals surface area contributed by atoms with Gasteiger partial charge in [-0.05, 0) is 127 Å². The highest BCUT2D eigenvalue weighted by atomic mass is 35.5. The molecule has 0 saturated heterocycles. The Morgan fingerprint density at radius 1 is 0.378 bits per heavy atom. The first-order valence-electron chi connectivity index (χ1n) is 26.2. The maximum Gasteiger partial charge on any atom is 0.258 e. The molecule has 27 heteroatoms. The molecule has 0 bridgehead atoms. The number of aliphatic imine (C=N–C) groups is 1. The molecule has 12 N–H and O–H groups in total. The summed E-state index contributed by atoms with van der Waals surface area (Å²) in [5.74, 6) is -1.15. The number of hydrogen-bond acceptors (Lipinski definition) is 12. The van der Waals surface area contributed by atoms with Crippen molar-refractivity contribution in [2.45, 2.75) is 0 Å². The Bertz CT molecular complexity index is 4180. The van der Waals surface area contributed by atoms with Gasteiger partial charge in [-0.1, -0.05) is 106 Å². The van der Waals surface area contributed by atoms with Crippen molar-refractivity contribution in [1.82, 2.24) is 19.9 Å². The van der Waals surface area contributed by atoms with Crippen LogP contribution in [0.15, 0.2) is 187 Å². The lowest BCUT2D eigenvalue weighted by Crippen LogP contribution is -2.22. The summed E-state index contributed by atoms with van der Waals surface area (Å²) in [6.07, 6.45) is 4.23. The topological polar surface area (TPSA) is 329 Å². The van der Waals surface area contributed by atoms with E-state index in [9.17, 15) is 28.8 Å². The molecule has 6 aromatic carbocycles. The molecule has 3 heterocycles. The first-order chi connectivity index (χ1) is 42.9. The summed E-state index contributed by atoms with van der Waals surface area (Å²) in [6, 6.07) is 42.7. The minimum Gasteiger partial charge on any atom is -0.384 e. The number of carbonyl (C=O) groups excluding carboxylic acids is 6. The number of halogens is 6. The van der Waals surface area contributed by atoms with E-state index in [-0.39, 0.29) is 28.2 Å². The molecule has 21 nitrogen and oxygen atoms in total. The van der Waals surface area contributed by atoms with Crippen LogP contribution in [0.4, 0.5) is 34.5 Å². The Labute approximate surface area is 545 Å². The molecule has 90 heavy (non-hydrogen) atoms. The van der Waals surface area contributed by atoms with Crippen LogP contribution in [0.5, 0.6) is 0 Å². The molecule has 3 aromatic heterocycles. The lowest BCUT2D eigenvalue weighted by Gasteiger charge is -2.14. The zero-order chi connectivity index (χ0) is 65.2. The molecule has 9 rings (SSSR count). The predicted molar refractivity (Wildman–Crippen MR) is 357 cm³/mol. The number of hydrogen-bond donors (Lipinski definition) is 10. The number of nitrogen functional groups attached to an aromatic ring is 1. The standard InChI is InChI=1S/C22H19Cl2N5O2.C21H17Cl2N5O2.C20H15Cl2N5O2/c1-29(2)20(25)13-3-5-14(6-4-13)21(30)27-18-9-7-15(23)11-17(18)22(31)28-19-10-8-16(24)12-26-19;1-25-19(24)12-2-4-13(5-3-12)20(29)27-17-8-6-14(22)10-16(17)21(30)28-18-9-7-15(23)11-26-18;21-13-5-7-16(26-19(28)12-3-1-11(2-4-12)18(23)24)15(9-13)20(29)27-17-8-6-14(22)10-25-17/h3-12,25H,1-2H3,(H,27,30)(H,26,28,31);2-11H,1H3,(H2,24,25)(H,27,29)(H,26,28,30);1-10H,(H3,23,24)(H,26,28)(H,25,27,29). The number of nitrogens with one attached hydrogen (secondary N) is 8. The number of nitrogens with two attached hydrogens (primary N) is 2. The van der Waals surface area contributed by atoms with Crippen molar-refractivity contribution >= 4 is 157 Å². The van der Waals surface area contributed by atoms with Gasteiger partial charge in [0.2, 0.25) is 0 Å². The van der Waals surface area contributed by atoms with Crippen molar-refractivity contribution in [1.29, 1.82) is 10.8 Å². The van der Waals surface area contributed by atoms with E-state index in [1.807, 2.05) is 0 Å². The minimum absolute atomic E-state index is 0.0931. The van der Waals surface area contributed by atoms with Crippen LogP contribution >= 0.6 is 69.6 Å². The van der Waals surface area contributed by atoms with Crippen molar-refractivity contribution in [3.63, 3.8) is 0 Å². The fourth-order valence-corrected chi connectivity index (χ4v) is 8.54. The lowest BCUT2D eigenvalue weighted by molar-refractivity contribution is 0.101. The van der Waals surface area contributed by atoms with Crippen LogP contribution in [-0.2, 0) is 0 Å². The van der Waals surface area contributed by atoms with Crippen LogP contribution in [0.1, 0.15) is 78.8 Å². The second kappa shape index (κ2) is 31.6. The fourth-order valence-electron chi connectivity index (χ4n) is 7.68. The maximum absolute atomic E-state index is 12.8. The van der Waals surface area contributed by atoms with E-state index in [2.05, 4.69) is 51.8 Å². The van der Waals surface area contributed by atoms with Crippen molar-refractivity contribution < 1.29 is 28.8 Å². The molecule has 0 aliphatic heterocycles. The van der Waals surface area contributed by atoms with Crippen molar-refractivity contribution in [3.8, 4) is 0 Å². The second-order valence-electron chi connectivity index (χ2n) is 18.9. The third-order valence-electron chi connectivity index (χ3n) is 12.3. The predicted octanol–water partition coefficient (Wildman–Crippen LogP) is 13.2. The number of carbonyl (C=O) groups is 6. The summed E-state index contributed by atoms with van der Waals surface area (Å²) in [4.78, 5) is 93.7. The molecule has 0 radical (unpaired) electrons. The van der Waals surface area contributed by atoms with E-state index < -0.39 is 35.4 Å². The molecular weight excluding hydrogens is 1280 g/mol. The lowest BCUT2D eigenvalue weighted by atomic mass is 10.1. The molecule has 0 aliphatic rings. The first kappa shape index (κ1) is 67.3. The van der Waals surface area contributed by atoms with Crippen molar-refractivity contribution in [2.75, 3.05) is 53.0 Å². The number of rotatable bonds is 15. The van der Waals surface area contributed by atoms with Gasteiger partial charge in [-0.25, -0.2) is 15.0 Å². The maximum atomic E-state index is 12.8. The van der Waals surface area contributed by atoms with Gasteiger partial charge in [0.25, 0.3) is 35.4 Å². The third-order valence-corrected chi connectivity index (χ3v) is 13.7. The summed E-state index contributed by atoms with van der Waals surface area (Å²) >= 11 is 35.6. The zero-order valence-electron chi connectivity index (χ0n) is 47.4. The molecule has 0 atom stereocenters. The normalized spacial score (nSPS) is 10.6. The molecule has 0 fully saturated rings. The van der Waals surface area contributed by atoms with E-state index in [0.29, 0.717) is 104 Å². The van der Waals surface area contributed by atoms with Gasteiger partial charge in [0, 0.05) is 88.2 Å². The third kappa shape index (κ3) is 19.1. The van der Waals surface area contributed by atoms with Crippen LogP contribution in [0, 0.1) is 10.8 Å². The van der Waals surface area contributed by atoms with Gasteiger partial charge < -0.3 is 48.3 Å². The van der Waals surface area contributed by atoms with E-state index in [0.717, 1.165) is 0 Å². The monoisotopic (exact) mass is 1320 g/mol. The summed E-state index contributed by atoms with van der Waals surface area (Å²) in [5.41, 5.74) is 15.6. The summed E-state index contributed by atoms with van der Waals surface area (Å²) < 4.78 is 0. The number of amides is 6.